The van der Waals surface area contributed by atoms with Crippen molar-refractivity contribution in [2.24, 2.45) is 17.8 Å². The van der Waals surface area contributed by atoms with Crippen LogP contribution in [0.5, 0.6) is 0 Å². The van der Waals surface area contributed by atoms with Gasteiger partial charge in [-0.15, -0.1) is 0 Å². The van der Waals surface area contributed by atoms with Gasteiger partial charge in [0.2, 0.25) is 5.91 Å². The monoisotopic (exact) mass is 277 g/mol. The van der Waals surface area contributed by atoms with Gasteiger partial charge in [0.15, 0.2) is 0 Å². The molecule has 2 unspecified atom stereocenters. The molecule has 2 rings (SSSR count). The van der Waals surface area contributed by atoms with Gasteiger partial charge in [0, 0.05) is 19.0 Å². The van der Waals surface area contributed by atoms with Crippen molar-refractivity contribution in [2.45, 2.75) is 65.7 Å². The third kappa shape index (κ3) is 3.65. The SMILES string of the molecule is C/C=C(/C)C1CCCC(C(=O)N(CC)CC2CCC2)C1. The van der Waals surface area contributed by atoms with Crippen molar-refractivity contribution in [3.63, 3.8) is 0 Å². The van der Waals surface area contributed by atoms with Gasteiger partial charge in [-0.1, -0.05) is 24.5 Å². The second-order valence-electron chi connectivity index (χ2n) is 6.77. The summed E-state index contributed by atoms with van der Waals surface area (Å²) in [5.41, 5.74) is 1.48. The molecule has 1 amide bonds. The molecule has 0 aliphatic heterocycles. The zero-order chi connectivity index (χ0) is 14.5. The number of nitrogens with zero attached hydrogens (tertiary/aromatic N) is 1. The average Bonchev–Trinajstić information content (AvgIpc) is 2.45. The number of carbonyl (C=O) groups is 1. The van der Waals surface area contributed by atoms with Crippen LogP contribution in [0.25, 0.3) is 0 Å². The molecule has 0 spiro atoms. The van der Waals surface area contributed by atoms with Crippen molar-refractivity contribution in [1.29, 1.82) is 0 Å². The molecule has 0 N–H and O–H groups in total. The van der Waals surface area contributed by atoms with Gasteiger partial charge in [0.25, 0.3) is 0 Å². The van der Waals surface area contributed by atoms with Gasteiger partial charge < -0.3 is 4.90 Å². The van der Waals surface area contributed by atoms with Crippen LogP contribution in [0, 0.1) is 17.8 Å². The highest BCUT2D eigenvalue weighted by atomic mass is 16.2. The van der Waals surface area contributed by atoms with Gasteiger partial charge in [0.1, 0.15) is 0 Å². The Morgan fingerprint density at radius 3 is 2.35 bits per heavy atom. The van der Waals surface area contributed by atoms with Gasteiger partial charge >= 0.3 is 0 Å². The Hall–Kier alpha value is -0.790. The lowest BCUT2D eigenvalue weighted by Crippen LogP contribution is -2.42. The van der Waals surface area contributed by atoms with Crippen molar-refractivity contribution in [1.82, 2.24) is 4.90 Å². The summed E-state index contributed by atoms with van der Waals surface area (Å²) < 4.78 is 0. The summed E-state index contributed by atoms with van der Waals surface area (Å²) in [6.45, 7) is 8.38. The molecular formula is C18H31NO. The number of amides is 1. The normalized spacial score (nSPS) is 28.1. The Balaban J connectivity index is 1.92. The first-order chi connectivity index (χ1) is 9.65. The Labute approximate surface area is 124 Å². The molecule has 0 aromatic carbocycles. The molecule has 0 radical (unpaired) electrons. The molecule has 2 fully saturated rings. The van der Waals surface area contributed by atoms with Crippen LogP contribution < -0.4 is 0 Å². The van der Waals surface area contributed by atoms with Gasteiger partial charge in [0.05, 0.1) is 0 Å². The number of carbonyl (C=O) groups excluding carboxylic acids is 1. The topological polar surface area (TPSA) is 20.3 Å². The highest BCUT2D eigenvalue weighted by molar-refractivity contribution is 5.79. The molecule has 0 heterocycles. The first-order valence-electron chi connectivity index (χ1n) is 8.57. The summed E-state index contributed by atoms with van der Waals surface area (Å²) in [5, 5.41) is 0. The molecule has 2 heteroatoms. The molecule has 0 aromatic heterocycles. The lowest BCUT2D eigenvalue weighted by Gasteiger charge is -2.36. The molecule has 0 bridgehead atoms. The van der Waals surface area contributed by atoms with E-state index in [1.807, 2.05) is 0 Å². The fourth-order valence-electron chi connectivity index (χ4n) is 3.68. The molecule has 0 aromatic rings. The van der Waals surface area contributed by atoms with E-state index < -0.39 is 0 Å². The third-order valence-corrected chi connectivity index (χ3v) is 5.52. The highest BCUT2D eigenvalue weighted by Gasteiger charge is 2.31. The lowest BCUT2D eigenvalue weighted by molar-refractivity contribution is -0.137. The van der Waals surface area contributed by atoms with E-state index in [0.717, 1.165) is 31.8 Å². The molecule has 2 saturated carbocycles. The summed E-state index contributed by atoms with van der Waals surface area (Å²) in [4.78, 5) is 14.9. The fourth-order valence-corrected chi connectivity index (χ4v) is 3.68. The van der Waals surface area contributed by atoms with E-state index in [0.29, 0.717) is 11.8 Å². The maximum absolute atomic E-state index is 12.8. The van der Waals surface area contributed by atoms with E-state index in [1.165, 1.54) is 37.7 Å². The molecule has 2 nitrogen and oxygen atoms in total. The predicted octanol–water partition coefficient (Wildman–Crippen LogP) is 4.41. The van der Waals surface area contributed by atoms with E-state index in [4.69, 9.17) is 0 Å². The molecule has 114 valence electrons. The minimum atomic E-state index is 0.281. The Kier molecular flexibility index (Phi) is 5.68. The molecular weight excluding hydrogens is 246 g/mol. The van der Waals surface area contributed by atoms with E-state index in [1.54, 1.807) is 0 Å². The van der Waals surface area contributed by atoms with Crippen molar-refractivity contribution in [2.75, 3.05) is 13.1 Å². The minimum absolute atomic E-state index is 0.281. The van der Waals surface area contributed by atoms with Crippen molar-refractivity contribution in [3.8, 4) is 0 Å². The third-order valence-electron chi connectivity index (χ3n) is 5.52. The second kappa shape index (κ2) is 7.28. The number of allylic oxidation sites excluding steroid dienone is 2. The largest absolute Gasteiger partial charge is 0.342 e. The summed E-state index contributed by atoms with van der Waals surface area (Å²) in [6, 6.07) is 0. The van der Waals surface area contributed by atoms with Crippen LogP contribution in [-0.2, 0) is 4.79 Å². The van der Waals surface area contributed by atoms with Gasteiger partial charge in [-0.3, -0.25) is 4.79 Å². The summed E-state index contributed by atoms with van der Waals surface area (Å²) in [5.74, 6) is 2.15. The van der Waals surface area contributed by atoms with Crippen LogP contribution in [0.15, 0.2) is 11.6 Å². The smallest absolute Gasteiger partial charge is 0.225 e. The van der Waals surface area contributed by atoms with Gasteiger partial charge in [-0.25, -0.2) is 0 Å². The van der Waals surface area contributed by atoms with Crippen molar-refractivity contribution >= 4 is 5.91 Å². The van der Waals surface area contributed by atoms with Crippen LogP contribution in [0.1, 0.15) is 65.7 Å². The first kappa shape index (κ1) is 15.6. The van der Waals surface area contributed by atoms with Gasteiger partial charge in [-0.05, 0) is 64.7 Å². The predicted molar refractivity (Wildman–Crippen MR) is 84.5 cm³/mol. The van der Waals surface area contributed by atoms with Crippen LogP contribution in [-0.4, -0.2) is 23.9 Å². The highest BCUT2D eigenvalue weighted by Crippen LogP contribution is 2.35. The van der Waals surface area contributed by atoms with E-state index >= 15 is 0 Å². The minimum Gasteiger partial charge on any atom is -0.342 e. The standard InChI is InChI=1S/C18H31NO/c1-4-14(3)16-10-7-11-17(12-16)18(20)19(5-2)13-15-8-6-9-15/h4,15-17H,5-13H2,1-3H3/b14-4-. The molecule has 2 aliphatic rings. The Bertz CT molecular complexity index is 356. The van der Waals surface area contributed by atoms with Crippen molar-refractivity contribution in [3.05, 3.63) is 11.6 Å². The van der Waals surface area contributed by atoms with Crippen molar-refractivity contribution < 1.29 is 4.79 Å². The van der Waals surface area contributed by atoms with Crippen LogP contribution >= 0.6 is 0 Å². The molecule has 2 atom stereocenters. The summed E-state index contributed by atoms with van der Waals surface area (Å²) >= 11 is 0. The summed E-state index contributed by atoms with van der Waals surface area (Å²) in [7, 11) is 0. The molecule has 0 saturated heterocycles. The molecule has 2 aliphatic carbocycles. The lowest BCUT2D eigenvalue weighted by atomic mass is 9.77. The quantitative estimate of drug-likeness (QED) is 0.682. The van der Waals surface area contributed by atoms with E-state index in [2.05, 4.69) is 31.7 Å². The molecule has 20 heavy (non-hydrogen) atoms. The second-order valence-corrected chi connectivity index (χ2v) is 6.77. The maximum Gasteiger partial charge on any atom is 0.225 e. The first-order valence-corrected chi connectivity index (χ1v) is 8.57. The van der Waals surface area contributed by atoms with Crippen LogP contribution in [0.3, 0.4) is 0 Å². The zero-order valence-corrected chi connectivity index (χ0v) is 13.5. The van der Waals surface area contributed by atoms with Crippen LogP contribution in [0.4, 0.5) is 0 Å². The Morgan fingerprint density at radius 1 is 1.15 bits per heavy atom. The average molecular weight is 277 g/mol. The summed E-state index contributed by atoms with van der Waals surface area (Å²) in [6.07, 6.45) is 10.9. The number of rotatable bonds is 5. The fraction of sp³-hybridized carbons (Fsp3) is 0.833. The van der Waals surface area contributed by atoms with E-state index in [9.17, 15) is 4.79 Å². The van der Waals surface area contributed by atoms with Crippen LogP contribution in [0.2, 0.25) is 0 Å². The zero-order valence-electron chi connectivity index (χ0n) is 13.5. The maximum atomic E-state index is 12.8. The number of hydrogen-bond acceptors (Lipinski definition) is 1. The number of hydrogen-bond donors (Lipinski definition) is 0. The van der Waals surface area contributed by atoms with Gasteiger partial charge in [-0.2, -0.15) is 0 Å². The van der Waals surface area contributed by atoms with E-state index in [-0.39, 0.29) is 5.92 Å². The Morgan fingerprint density at radius 2 is 1.80 bits per heavy atom.